The summed E-state index contributed by atoms with van der Waals surface area (Å²) in [7, 11) is 1.93. The van der Waals surface area contributed by atoms with Crippen LogP contribution in [0, 0.1) is 0 Å². The van der Waals surface area contributed by atoms with Gasteiger partial charge in [0.1, 0.15) is 5.60 Å². The average Bonchev–Trinajstić information content (AvgIpc) is 2.91. The van der Waals surface area contributed by atoms with Crippen molar-refractivity contribution in [3.63, 3.8) is 0 Å². The molecule has 0 fully saturated rings. The Kier molecular flexibility index (Phi) is 5.85. The van der Waals surface area contributed by atoms with Crippen molar-refractivity contribution in [3.8, 4) is 0 Å². The fourth-order valence-corrected chi connectivity index (χ4v) is 2.31. The molecule has 1 aromatic carbocycles. The lowest BCUT2D eigenvalue weighted by atomic mass is 10.1. The number of rotatable bonds is 5. The van der Waals surface area contributed by atoms with Crippen molar-refractivity contribution in [3.05, 3.63) is 53.9 Å². The smallest absolute Gasteiger partial charge is 0.412 e. The molecule has 2 amide bonds. The zero-order valence-electron chi connectivity index (χ0n) is 15.1. The average molecular weight is 343 g/mol. The molecule has 0 bridgehead atoms. The Morgan fingerprint density at radius 1 is 1.16 bits per heavy atom. The molecule has 0 aliphatic rings. The van der Waals surface area contributed by atoms with E-state index in [1.54, 1.807) is 32.9 Å². The van der Waals surface area contributed by atoms with E-state index in [1.807, 2.05) is 42.2 Å². The van der Waals surface area contributed by atoms with Gasteiger partial charge in [0.2, 0.25) is 5.91 Å². The molecule has 2 aromatic rings. The monoisotopic (exact) mass is 343 g/mol. The molecule has 0 atom stereocenters. The van der Waals surface area contributed by atoms with Crippen molar-refractivity contribution in [2.45, 2.75) is 39.3 Å². The Bertz CT molecular complexity index is 744. The molecule has 6 heteroatoms. The molecule has 0 radical (unpaired) electrons. The molecule has 134 valence electrons. The molecule has 2 rings (SSSR count). The van der Waals surface area contributed by atoms with Crippen LogP contribution in [0.3, 0.4) is 0 Å². The fourth-order valence-electron chi connectivity index (χ4n) is 2.31. The van der Waals surface area contributed by atoms with Crippen molar-refractivity contribution < 1.29 is 14.3 Å². The molecular weight excluding hydrogens is 318 g/mol. The molecular formula is C19H25N3O3. The number of benzene rings is 1. The van der Waals surface area contributed by atoms with E-state index in [1.165, 1.54) is 0 Å². The number of amides is 2. The Labute approximate surface area is 148 Å². The van der Waals surface area contributed by atoms with Crippen LogP contribution >= 0.6 is 0 Å². The summed E-state index contributed by atoms with van der Waals surface area (Å²) in [6, 6.07) is 9.16. The molecule has 0 saturated heterocycles. The molecule has 2 N–H and O–H groups in total. The molecule has 0 spiro atoms. The van der Waals surface area contributed by atoms with Crippen LogP contribution in [0.4, 0.5) is 10.5 Å². The van der Waals surface area contributed by atoms with Gasteiger partial charge in [0.25, 0.3) is 0 Å². The third kappa shape index (κ3) is 6.33. The van der Waals surface area contributed by atoms with Gasteiger partial charge in [-0.25, -0.2) is 4.79 Å². The maximum Gasteiger partial charge on any atom is 0.412 e. The summed E-state index contributed by atoms with van der Waals surface area (Å²) in [6.45, 7) is 5.88. The largest absolute Gasteiger partial charge is 0.444 e. The van der Waals surface area contributed by atoms with Crippen LogP contribution in [0.1, 0.15) is 31.9 Å². The van der Waals surface area contributed by atoms with Gasteiger partial charge in [0.15, 0.2) is 0 Å². The van der Waals surface area contributed by atoms with Gasteiger partial charge >= 0.3 is 6.09 Å². The zero-order chi connectivity index (χ0) is 18.4. The molecule has 1 aromatic heterocycles. The van der Waals surface area contributed by atoms with E-state index < -0.39 is 11.7 Å². The van der Waals surface area contributed by atoms with Gasteiger partial charge in [-0.05, 0) is 44.0 Å². The van der Waals surface area contributed by atoms with Crippen molar-refractivity contribution in [2.24, 2.45) is 7.05 Å². The van der Waals surface area contributed by atoms with Crippen LogP contribution in [-0.2, 0) is 29.5 Å². The zero-order valence-corrected chi connectivity index (χ0v) is 15.1. The Hall–Kier alpha value is -2.76. The summed E-state index contributed by atoms with van der Waals surface area (Å²) in [4.78, 5) is 24.1. The third-order valence-electron chi connectivity index (χ3n) is 3.39. The number of aryl methyl sites for hydroxylation is 1. The highest BCUT2D eigenvalue weighted by molar-refractivity contribution is 5.88. The highest BCUT2D eigenvalue weighted by atomic mass is 16.6. The number of hydrogen-bond acceptors (Lipinski definition) is 3. The van der Waals surface area contributed by atoms with Crippen molar-refractivity contribution >= 4 is 17.7 Å². The first kappa shape index (κ1) is 18.6. The fraction of sp³-hybridized carbons (Fsp3) is 0.368. The summed E-state index contributed by atoms with van der Waals surface area (Å²) >= 11 is 0. The van der Waals surface area contributed by atoms with Crippen LogP contribution < -0.4 is 10.6 Å². The van der Waals surface area contributed by atoms with E-state index in [9.17, 15) is 9.59 Å². The second kappa shape index (κ2) is 7.88. The number of carbonyl (C=O) groups excluding carboxylic acids is 2. The number of nitrogens with zero attached hydrogens (tertiary/aromatic N) is 1. The van der Waals surface area contributed by atoms with E-state index in [4.69, 9.17) is 4.74 Å². The molecule has 1 heterocycles. The number of hydrogen-bond donors (Lipinski definition) is 2. The Balaban J connectivity index is 1.95. The van der Waals surface area contributed by atoms with Crippen LogP contribution in [0.25, 0.3) is 0 Å². The lowest BCUT2D eigenvalue weighted by Gasteiger charge is -2.20. The molecule has 25 heavy (non-hydrogen) atoms. The number of ether oxygens (including phenoxy) is 1. The van der Waals surface area contributed by atoms with Gasteiger partial charge < -0.3 is 14.6 Å². The molecule has 0 aliphatic carbocycles. The summed E-state index contributed by atoms with van der Waals surface area (Å²) in [5.41, 5.74) is 1.77. The van der Waals surface area contributed by atoms with Crippen LogP contribution in [0.2, 0.25) is 0 Å². The maximum absolute atomic E-state index is 12.2. The highest BCUT2D eigenvalue weighted by Crippen LogP contribution is 2.17. The first-order valence-corrected chi connectivity index (χ1v) is 8.18. The first-order chi connectivity index (χ1) is 11.7. The number of nitrogens with one attached hydrogen (secondary N) is 2. The van der Waals surface area contributed by atoms with Crippen molar-refractivity contribution in [1.82, 2.24) is 9.88 Å². The normalized spacial score (nSPS) is 11.0. The van der Waals surface area contributed by atoms with Gasteiger partial charge in [-0.15, -0.1) is 0 Å². The minimum Gasteiger partial charge on any atom is -0.444 e. The summed E-state index contributed by atoms with van der Waals surface area (Å²) in [6.07, 6.45) is 3.53. The topological polar surface area (TPSA) is 72.4 Å². The van der Waals surface area contributed by atoms with Gasteiger partial charge in [-0.1, -0.05) is 18.2 Å². The SMILES string of the molecule is Cn1ccc(CNC(=O)Cc2ccccc2NC(=O)OC(C)(C)C)c1. The van der Waals surface area contributed by atoms with Crippen molar-refractivity contribution in [1.29, 1.82) is 0 Å². The second-order valence-corrected chi connectivity index (χ2v) is 6.92. The predicted octanol–water partition coefficient (Wildman–Crippen LogP) is 3.23. The van der Waals surface area contributed by atoms with Crippen LogP contribution in [-0.4, -0.2) is 22.2 Å². The van der Waals surface area contributed by atoms with Gasteiger partial charge in [-0.3, -0.25) is 10.1 Å². The molecule has 0 aliphatic heterocycles. The lowest BCUT2D eigenvalue weighted by Crippen LogP contribution is -2.28. The van der Waals surface area contributed by atoms with Crippen LogP contribution in [0.5, 0.6) is 0 Å². The molecule has 0 saturated carbocycles. The highest BCUT2D eigenvalue weighted by Gasteiger charge is 2.17. The lowest BCUT2D eigenvalue weighted by molar-refractivity contribution is -0.120. The molecule has 0 unspecified atom stereocenters. The number of para-hydroxylation sites is 1. The van der Waals surface area contributed by atoms with Crippen LogP contribution in [0.15, 0.2) is 42.7 Å². The Morgan fingerprint density at radius 2 is 1.88 bits per heavy atom. The van der Waals surface area contributed by atoms with Crippen molar-refractivity contribution in [2.75, 3.05) is 5.32 Å². The van der Waals surface area contributed by atoms with E-state index in [-0.39, 0.29) is 12.3 Å². The summed E-state index contributed by atoms with van der Waals surface area (Å²) < 4.78 is 7.19. The minimum absolute atomic E-state index is 0.109. The summed E-state index contributed by atoms with van der Waals surface area (Å²) in [5, 5.41) is 5.59. The van der Waals surface area contributed by atoms with E-state index in [0.717, 1.165) is 11.1 Å². The number of carbonyl (C=O) groups is 2. The third-order valence-corrected chi connectivity index (χ3v) is 3.39. The second-order valence-electron chi connectivity index (χ2n) is 6.92. The quantitative estimate of drug-likeness (QED) is 0.875. The minimum atomic E-state index is -0.577. The summed E-state index contributed by atoms with van der Waals surface area (Å²) in [5.74, 6) is -0.109. The predicted molar refractivity (Wildman–Crippen MR) is 97.3 cm³/mol. The standard InChI is InChI=1S/C19H25N3O3/c1-19(2,3)25-18(24)21-16-8-6-5-7-15(16)11-17(23)20-12-14-9-10-22(4)13-14/h5-10,13H,11-12H2,1-4H3,(H,20,23)(H,21,24). The van der Waals surface area contributed by atoms with Gasteiger partial charge in [0.05, 0.1) is 6.42 Å². The molecule has 6 nitrogen and oxygen atoms in total. The van der Waals surface area contributed by atoms with E-state index in [2.05, 4.69) is 10.6 Å². The number of aromatic nitrogens is 1. The van der Waals surface area contributed by atoms with Gasteiger partial charge in [-0.2, -0.15) is 0 Å². The Morgan fingerprint density at radius 3 is 2.52 bits per heavy atom. The van der Waals surface area contributed by atoms with E-state index >= 15 is 0 Å². The maximum atomic E-state index is 12.2. The van der Waals surface area contributed by atoms with Gasteiger partial charge in [0, 0.05) is 31.7 Å². The number of anilines is 1. The van der Waals surface area contributed by atoms with E-state index in [0.29, 0.717) is 12.2 Å². The first-order valence-electron chi connectivity index (χ1n) is 8.18.